The van der Waals surface area contributed by atoms with Crippen LogP contribution in [0.2, 0.25) is 0 Å². The van der Waals surface area contributed by atoms with E-state index in [0.717, 1.165) is 43.1 Å². The summed E-state index contributed by atoms with van der Waals surface area (Å²) in [5.74, 6) is 1.50. The van der Waals surface area contributed by atoms with Crippen LogP contribution in [0.1, 0.15) is 35.2 Å². The van der Waals surface area contributed by atoms with E-state index in [0.29, 0.717) is 11.8 Å². The molecule has 4 rings (SSSR count). The summed E-state index contributed by atoms with van der Waals surface area (Å²) in [4.78, 5) is 16.7. The first-order valence-corrected chi connectivity index (χ1v) is 10.3. The molecule has 29 heavy (non-hydrogen) atoms. The Morgan fingerprint density at radius 1 is 1.17 bits per heavy atom. The van der Waals surface area contributed by atoms with Crippen LogP contribution in [-0.4, -0.2) is 42.5 Å². The van der Waals surface area contributed by atoms with Gasteiger partial charge >= 0.3 is 0 Å². The monoisotopic (exact) mass is 396 g/mol. The van der Waals surface area contributed by atoms with Crippen LogP contribution in [-0.2, 0) is 11.3 Å². The predicted octanol–water partition coefficient (Wildman–Crippen LogP) is 4.10. The molecule has 2 saturated heterocycles. The Kier molecular flexibility index (Phi) is 5.34. The summed E-state index contributed by atoms with van der Waals surface area (Å²) in [6.45, 7) is 9.21. The third-order valence-electron chi connectivity index (χ3n) is 6.43. The van der Waals surface area contributed by atoms with E-state index >= 15 is 0 Å². The highest BCUT2D eigenvalue weighted by Crippen LogP contribution is 2.45. The van der Waals surface area contributed by atoms with Gasteiger partial charge < -0.3 is 9.64 Å². The van der Waals surface area contributed by atoms with Crippen LogP contribution in [0.3, 0.4) is 0 Å². The Morgan fingerprint density at radius 2 is 1.97 bits per heavy atom. The molecular weight excluding hydrogens is 367 g/mol. The molecule has 4 nitrogen and oxygen atoms in total. The van der Waals surface area contributed by atoms with Crippen molar-refractivity contribution < 1.29 is 13.9 Å². The van der Waals surface area contributed by atoms with Crippen LogP contribution in [0, 0.1) is 31.5 Å². The lowest BCUT2D eigenvalue weighted by Crippen LogP contribution is -2.34. The lowest BCUT2D eigenvalue weighted by Gasteiger charge is -2.29. The molecule has 2 aliphatic heterocycles. The van der Waals surface area contributed by atoms with E-state index in [2.05, 4.69) is 30.9 Å². The van der Waals surface area contributed by atoms with E-state index in [4.69, 9.17) is 4.74 Å². The Hall–Kier alpha value is -2.40. The molecule has 0 radical (unpaired) electrons. The molecule has 154 valence electrons. The van der Waals surface area contributed by atoms with Gasteiger partial charge in [0.2, 0.25) is 5.91 Å². The number of fused-ring (bicyclic) bond motifs is 1. The average molecular weight is 397 g/mol. The summed E-state index contributed by atoms with van der Waals surface area (Å²) in [5.41, 5.74) is 4.50. The molecule has 0 aromatic heterocycles. The molecule has 0 N–H and O–H groups in total. The average Bonchev–Trinajstić information content (AvgIpc) is 3.18. The fourth-order valence-corrected chi connectivity index (χ4v) is 5.40. The van der Waals surface area contributed by atoms with Crippen LogP contribution < -0.4 is 4.74 Å². The smallest absolute Gasteiger partial charge is 0.219 e. The first-order chi connectivity index (χ1) is 13.9. The van der Waals surface area contributed by atoms with Crippen LogP contribution in [0.4, 0.5) is 4.39 Å². The van der Waals surface area contributed by atoms with Gasteiger partial charge in [0.25, 0.3) is 0 Å². The largest absolute Gasteiger partial charge is 0.496 e. The minimum atomic E-state index is -0.246. The van der Waals surface area contributed by atoms with Crippen LogP contribution in [0.5, 0.6) is 5.75 Å². The van der Waals surface area contributed by atoms with Gasteiger partial charge in [0.1, 0.15) is 11.6 Å². The van der Waals surface area contributed by atoms with E-state index in [-0.39, 0.29) is 17.8 Å². The number of likely N-dealkylation sites (tertiary alicyclic amines) is 2. The second-order valence-corrected chi connectivity index (χ2v) is 8.56. The molecule has 2 aromatic carbocycles. The third kappa shape index (κ3) is 3.76. The van der Waals surface area contributed by atoms with Crippen molar-refractivity contribution in [3.63, 3.8) is 0 Å². The van der Waals surface area contributed by atoms with Crippen molar-refractivity contribution in [2.75, 3.05) is 26.7 Å². The fraction of sp³-hybridized carbons (Fsp3) is 0.458. The highest BCUT2D eigenvalue weighted by atomic mass is 19.1. The Bertz CT molecular complexity index is 929. The normalized spacial score (nSPS) is 24.0. The van der Waals surface area contributed by atoms with Crippen LogP contribution in [0.25, 0.3) is 0 Å². The summed E-state index contributed by atoms with van der Waals surface area (Å²) in [6.07, 6.45) is 0. The molecular formula is C24H29FN2O2. The van der Waals surface area contributed by atoms with E-state index in [1.165, 1.54) is 17.2 Å². The standard InChI is InChI=1S/C24H29FN2O2/c1-15-8-16(2)24(29-4)19(9-15)11-26-12-20-13-27(17(3)28)23(22(20)14-26)18-6-5-7-21(25)10-18/h5-10,20,22-23H,11-14H2,1-4H3/t20-,22-,23+/m1/s1. The highest BCUT2D eigenvalue weighted by molar-refractivity contribution is 5.74. The summed E-state index contributed by atoms with van der Waals surface area (Å²) in [7, 11) is 1.73. The van der Waals surface area contributed by atoms with Crippen molar-refractivity contribution >= 4 is 5.91 Å². The van der Waals surface area contributed by atoms with Crippen LogP contribution >= 0.6 is 0 Å². The second kappa shape index (κ2) is 7.79. The molecule has 0 spiro atoms. The summed E-state index contributed by atoms with van der Waals surface area (Å²) < 4.78 is 19.6. The molecule has 0 bridgehead atoms. The van der Waals surface area contributed by atoms with Gasteiger partial charge in [-0.05, 0) is 43.0 Å². The van der Waals surface area contributed by atoms with Gasteiger partial charge in [-0.1, -0.05) is 29.8 Å². The number of nitrogens with zero attached hydrogens (tertiary/aromatic N) is 2. The maximum absolute atomic E-state index is 13.9. The van der Waals surface area contributed by atoms with Gasteiger partial charge in [0.05, 0.1) is 13.2 Å². The van der Waals surface area contributed by atoms with E-state index < -0.39 is 0 Å². The molecule has 5 heteroatoms. The number of hydrogen-bond donors (Lipinski definition) is 0. The number of carbonyl (C=O) groups is 1. The van der Waals surface area contributed by atoms with Crippen molar-refractivity contribution in [3.05, 3.63) is 64.5 Å². The molecule has 2 aromatic rings. The number of aryl methyl sites for hydroxylation is 2. The zero-order chi connectivity index (χ0) is 20.7. The number of ether oxygens (including phenoxy) is 1. The molecule has 2 fully saturated rings. The minimum Gasteiger partial charge on any atom is -0.496 e. The van der Waals surface area contributed by atoms with Crippen molar-refractivity contribution in [3.8, 4) is 5.75 Å². The first-order valence-electron chi connectivity index (χ1n) is 10.3. The number of amides is 1. The van der Waals surface area contributed by atoms with E-state index in [9.17, 15) is 9.18 Å². The number of hydrogen-bond acceptors (Lipinski definition) is 3. The molecule has 0 unspecified atom stereocenters. The third-order valence-corrected chi connectivity index (χ3v) is 6.43. The van der Waals surface area contributed by atoms with Crippen molar-refractivity contribution in [2.24, 2.45) is 11.8 Å². The van der Waals surface area contributed by atoms with Gasteiger partial charge in [-0.3, -0.25) is 9.69 Å². The van der Waals surface area contributed by atoms with Crippen molar-refractivity contribution in [2.45, 2.75) is 33.4 Å². The number of halogens is 1. The minimum absolute atomic E-state index is 0.0562. The maximum Gasteiger partial charge on any atom is 0.219 e. The van der Waals surface area contributed by atoms with E-state index in [1.54, 1.807) is 26.2 Å². The number of benzene rings is 2. The topological polar surface area (TPSA) is 32.8 Å². The summed E-state index contributed by atoms with van der Waals surface area (Å²) in [5, 5.41) is 0. The van der Waals surface area contributed by atoms with Gasteiger partial charge in [-0.15, -0.1) is 0 Å². The van der Waals surface area contributed by atoms with Gasteiger partial charge in [-0.2, -0.15) is 0 Å². The van der Waals surface area contributed by atoms with E-state index in [1.807, 2.05) is 11.0 Å². The van der Waals surface area contributed by atoms with Crippen molar-refractivity contribution in [1.82, 2.24) is 9.80 Å². The zero-order valence-electron chi connectivity index (χ0n) is 17.6. The maximum atomic E-state index is 13.9. The van der Waals surface area contributed by atoms with Gasteiger partial charge in [0, 0.05) is 44.6 Å². The first kappa shape index (κ1) is 19.9. The summed E-state index contributed by atoms with van der Waals surface area (Å²) in [6, 6.07) is 11.0. The highest BCUT2D eigenvalue weighted by Gasteiger charge is 2.48. The molecule has 0 saturated carbocycles. The summed E-state index contributed by atoms with van der Waals surface area (Å²) >= 11 is 0. The lowest BCUT2D eigenvalue weighted by atomic mass is 9.89. The Labute approximate surface area is 172 Å². The SMILES string of the molecule is COc1c(C)cc(C)cc1CN1C[C@@H]2CN(C(C)=O)[C@@H](c3cccc(F)c3)[C@@H]2C1. The van der Waals surface area contributed by atoms with Gasteiger partial charge in [-0.25, -0.2) is 4.39 Å². The number of rotatable bonds is 4. The second-order valence-electron chi connectivity index (χ2n) is 8.56. The number of methoxy groups -OCH3 is 1. The Balaban J connectivity index is 1.58. The van der Waals surface area contributed by atoms with Crippen molar-refractivity contribution in [1.29, 1.82) is 0 Å². The fourth-order valence-electron chi connectivity index (χ4n) is 5.40. The Morgan fingerprint density at radius 3 is 2.66 bits per heavy atom. The quantitative estimate of drug-likeness (QED) is 0.780. The molecule has 3 atom stereocenters. The zero-order valence-corrected chi connectivity index (χ0v) is 17.6. The predicted molar refractivity (Wildman–Crippen MR) is 111 cm³/mol. The van der Waals surface area contributed by atoms with Gasteiger partial charge in [0.15, 0.2) is 0 Å². The molecule has 2 heterocycles. The molecule has 1 amide bonds. The lowest BCUT2D eigenvalue weighted by molar-refractivity contribution is -0.130. The molecule has 0 aliphatic carbocycles. The van der Waals surface area contributed by atoms with Crippen LogP contribution in [0.15, 0.2) is 36.4 Å². The molecule has 2 aliphatic rings. The number of carbonyl (C=O) groups excluding carboxylic acids is 1.